The van der Waals surface area contributed by atoms with E-state index in [0.717, 1.165) is 56.4 Å². The Morgan fingerprint density at radius 2 is 1.49 bits per heavy atom. The summed E-state index contributed by atoms with van der Waals surface area (Å²) in [7, 11) is 0. The summed E-state index contributed by atoms with van der Waals surface area (Å²) in [6.07, 6.45) is 19.4. The van der Waals surface area contributed by atoms with Crippen LogP contribution in [0.15, 0.2) is 11.6 Å². The van der Waals surface area contributed by atoms with E-state index in [9.17, 15) is 24.9 Å². The van der Waals surface area contributed by atoms with E-state index in [1.54, 1.807) is 0 Å². The van der Waals surface area contributed by atoms with Crippen LogP contribution in [-0.2, 0) is 23.8 Å². The maximum atomic E-state index is 14.1. The van der Waals surface area contributed by atoms with Crippen LogP contribution in [0.4, 0.5) is 0 Å². The molecule has 8 heteroatoms. The highest BCUT2D eigenvalue weighted by Gasteiger charge is 2.61. The molecule has 0 aromatic heterocycles. The van der Waals surface area contributed by atoms with Gasteiger partial charge in [-0.2, -0.15) is 0 Å². The molecule has 4 fully saturated rings. The molecule has 5 aliphatic rings. The smallest absolute Gasteiger partial charge is 0.305 e. The Balaban J connectivity index is 1.09. The highest BCUT2D eigenvalue weighted by molar-refractivity contribution is 5.94. The van der Waals surface area contributed by atoms with E-state index in [0.29, 0.717) is 42.3 Å². The number of hydrogen-bond acceptors (Lipinski definition) is 8. The first-order valence-electron chi connectivity index (χ1n) is 23.1. The van der Waals surface area contributed by atoms with Gasteiger partial charge in [0, 0.05) is 12.3 Å². The number of fused-ring (bicyclic) bond motifs is 5. The molecule has 0 amide bonds. The molecule has 1 aliphatic heterocycles. The molecule has 0 aromatic carbocycles. The lowest BCUT2D eigenvalue weighted by Gasteiger charge is -2.58. The van der Waals surface area contributed by atoms with Crippen molar-refractivity contribution in [1.82, 2.24) is 0 Å². The first-order chi connectivity index (χ1) is 26.3. The largest absolute Gasteiger partial charge is 0.463 e. The summed E-state index contributed by atoms with van der Waals surface area (Å²) >= 11 is 0. The number of aliphatic hydroxyl groups excluding tert-OH is 3. The number of allylic oxidation sites excluding steroid dienone is 1. The topological polar surface area (TPSA) is 123 Å². The summed E-state index contributed by atoms with van der Waals surface area (Å²) in [6.45, 7) is 14.0. The zero-order chi connectivity index (χ0) is 39.8. The Hall–Kier alpha value is -1.32. The minimum atomic E-state index is -1.50. The van der Waals surface area contributed by atoms with Crippen LogP contribution in [0, 0.1) is 46.3 Å². The lowest BCUT2D eigenvalue weighted by Crippen LogP contribution is -2.60. The van der Waals surface area contributed by atoms with Crippen molar-refractivity contribution in [2.45, 2.75) is 220 Å². The molecule has 1 heterocycles. The molecule has 4 aliphatic carbocycles. The minimum absolute atomic E-state index is 0.0624. The third kappa shape index (κ3) is 10.8. The van der Waals surface area contributed by atoms with Gasteiger partial charge in [0.1, 0.15) is 31.0 Å². The average molecular weight is 773 g/mol. The normalized spacial score (nSPS) is 37.9. The number of unbranched alkanes of at least 4 members (excludes halogenated alkanes) is 10. The van der Waals surface area contributed by atoms with Crippen molar-refractivity contribution in [3.8, 4) is 0 Å². The lowest BCUT2D eigenvalue weighted by molar-refractivity contribution is -0.313. The second-order valence-corrected chi connectivity index (χ2v) is 19.7. The maximum absolute atomic E-state index is 14.1. The Morgan fingerprint density at radius 3 is 2.16 bits per heavy atom. The summed E-state index contributed by atoms with van der Waals surface area (Å²) in [6, 6.07) is 0. The van der Waals surface area contributed by atoms with Gasteiger partial charge in [-0.15, -0.1) is 0 Å². The van der Waals surface area contributed by atoms with Gasteiger partial charge in [0.15, 0.2) is 12.1 Å². The Bertz CT molecular complexity index is 1250. The van der Waals surface area contributed by atoms with Gasteiger partial charge in [0.05, 0.1) is 6.10 Å². The van der Waals surface area contributed by atoms with Gasteiger partial charge in [-0.05, 0) is 97.9 Å². The van der Waals surface area contributed by atoms with E-state index in [1.807, 2.05) is 6.08 Å². The molecule has 1 saturated heterocycles. The van der Waals surface area contributed by atoms with Gasteiger partial charge in [-0.1, -0.05) is 131 Å². The molecule has 0 radical (unpaired) electrons. The molecule has 4 unspecified atom stereocenters. The first kappa shape index (κ1) is 44.8. The van der Waals surface area contributed by atoms with E-state index in [2.05, 4.69) is 41.5 Å². The van der Waals surface area contributed by atoms with Crippen LogP contribution >= 0.6 is 0 Å². The van der Waals surface area contributed by atoms with Crippen molar-refractivity contribution in [2.75, 3.05) is 6.61 Å². The number of esters is 1. The van der Waals surface area contributed by atoms with Crippen molar-refractivity contribution < 1.29 is 39.1 Å². The van der Waals surface area contributed by atoms with Crippen LogP contribution in [0.5, 0.6) is 0 Å². The van der Waals surface area contributed by atoms with Crippen LogP contribution in [0.1, 0.15) is 183 Å². The SMILES string of the molecule is CCCCCCCCCCCCCC(=O)OC[C@H]1O[C@H](OC2CC[C@@]3(C)C(=CC(=O)C4C3CC[C@@]3(C)C4CC[C@@H]3[C@H](C)CCCC(C)C)C2)[C@@H](O)[C@@H](O)[C@@H]1O. The predicted molar refractivity (Wildman–Crippen MR) is 217 cm³/mol. The fourth-order valence-electron chi connectivity index (χ4n) is 12.0. The quantitative estimate of drug-likeness (QED) is 0.0779. The zero-order valence-corrected chi connectivity index (χ0v) is 35.7. The fraction of sp³-hybridized carbons (Fsp3) is 0.915. The van der Waals surface area contributed by atoms with Gasteiger partial charge in [-0.25, -0.2) is 0 Å². The van der Waals surface area contributed by atoms with Gasteiger partial charge in [0.25, 0.3) is 0 Å². The third-order valence-corrected chi connectivity index (χ3v) is 15.5. The van der Waals surface area contributed by atoms with Crippen LogP contribution < -0.4 is 0 Å². The number of ketones is 1. The van der Waals surface area contributed by atoms with E-state index < -0.39 is 30.7 Å². The molecule has 55 heavy (non-hydrogen) atoms. The van der Waals surface area contributed by atoms with E-state index >= 15 is 0 Å². The van der Waals surface area contributed by atoms with Gasteiger partial charge in [-0.3, -0.25) is 9.59 Å². The van der Waals surface area contributed by atoms with Crippen molar-refractivity contribution in [3.05, 3.63) is 11.6 Å². The summed E-state index contributed by atoms with van der Waals surface area (Å²) in [5.41, 5.74) is 1.31. The predicted octanol–water partition coefficient (Wildman–Crippen LogP) is 9.64. The Kier molecular flexibility index (Phi) is 16.8. The number of carbonyl (C=O) groups excluding carboxylic acids is 2. The number of aliphatic hydroxyl groups is 3. The molecule has 8 nitrogen and oxygen atoms in total. The molecule has 5 rings (SSSR count). The number of rotatable bonds is 21. The molecule has 316 valence electrons. The monoisotopic (exact) mass is 773 g/mol. The molecule has 3 N–H and O–H groups in total. The van der Waals surface area contributed by atoms with Crippen molar-refractivity contribution in [3.63, 3.8) is 0 Å². The highest BCUT2D eigenvalue weighted by atomic mass is 16.7. The molecule has 0 spiro atoms. The van der Waals surface area contributed by atoms with Crippen LogP contribution in [0.25, 0.3) is 0 Å². The lowest BCUT2D eigenvalue weighted by atomic mass is 9.46. The molecular weight excluding hydrogens is 693 g/mol. The second kappa shape index (κ2) is 20.6. The van der Waals surface area contributed by atoms with Crippen molar-refractivity contribution >= 4 is 11.8 Å². The van der Waals surface area contributed by atoms with Gasteiger partial charge < -0.3 is 29.5 Å². The molecule has 0 aromatic rings. The second-order valence-electron chi connectivity index (χ2n) is 19.7. The standard InChI is InChI=1S/C47H80O8/c1-7-8-9-10-11-12-13-14-15-16-17-21-40(49)53-30-39-42(50)43(51)44(52)45(55-39)54-34-24-26-46(5)33(28-34)29-38(48)41-36-23-22-35(32(4)20-18-19-31(2)3)47(36,6)27-25-37(41)46/h29,31-32,34-37,39,41-45,50-52H,7-28,30H2,1-6H3/t32-,34?,35-,36?,37?,39-,41?,42-,43+,44+,45+,46+,47-/m1/s1. The van der Waals surface area contributed by atoms with Crippen molar-refractivity contribution in [1.29, 1.82) is 0 Å². The van der Waals surface area contributed by atoms with Crippen LogP contribution in [-0.4, -0.2) is 70.5 Å². The van der Waals surface area contributed by atoms with Gasteiger partial charge in [0.2, 0.25) is 0 Å². The van der Waals surface area contributed by atoms with Crippen LogP contribution in [0.3, 0.4) is 0 Å². The van der Waals surface area contributed by atoms with E-state index in [1.165, 1.54) is 83.5 Å². The van der Waals surface area contributed by atoms with Crippen LogP contribution in [0.2, 0.25) is 0 Å². The minimum Gasteiger partial charge on any atom is -0.463 e. The fourth-order valence-corrected chi connectivity index (χ4v) is 12.0. The Morgan fingerprint density at radius 1 is 0.818 bits per heavy atom. The maximum Gasteiger partial charge on any atom is 0.305 e. The van der Waals surface area contributed by atoms with E-state index in [-0.39, 0.29) is 35.4 Å². The summed E-state index contributed by atoms with van der Waals surface area (Å²) in [4.78, 5) is 26.7. The average Bonchev–Trinajstić information content (AvgIpc) is 3.51. The molecule has 3 saturated carbocycles. The highest BCUT2D eigenvalue weighted by Crippen LogP contribution is 2.67. The first-order valence-corrected chi connectivity index (χ1v) is 23.1. The van der Waals surface area contributed by atoms with Crippen molar-refractivity contribution in [2.24, 2.45) is 46.3 Å². The zero-order valence-electron chi connectivity index (χ0n) is 35.7. The summed E-state index contributed by atoms with van der Waals surface area (Å²) < 4.78 is 17.8. The molecule has 13 atom stereocenters. The summed E-state index contributed by atoms with van der Waals surface area (Å²) in [5, 5.41) is 32.3. The number of hydrogen-bond donors (Lipinski definition) is 3. The number of carbonyl (C=O) groups is 2. The van der Waals surface area contributed by atoms with E-state index in [4.69, 9.17) is 14.2 Å². The number of ether oxygens (including phenoxy) is 3. The Labute approximate surface area is 334 Å². The summed E-state index contributed by atoms with van der Waals surface area (Å²) in [5.74, 6) is 2.96. The molecule has 0 bridgehead atoms. The van der Waals surface area contributed by atoms with Gasteiger partial charge >= 0.3 is 5.97 Å². The molecular formula is C47H80O8. The third-order valence-electron chi connectivity index (χ3n) is 15.5.